The quantitative estimate of drug-likeness (QED) is 0.923. The van der Waals surface area contributed by atoms with Crippen molar-refractivity contribution in [2.24, 2.45) is 5.92 Å². The first-order valence-corrected chi connectivity index (χ1v) is 8.14. The molecule has 0 aliphatic rings. The molecule has 0 saturated carbocycles. The zero-order valence-electron chi connectivity index (χ0n) is 12.0. The van der Waals surface area contributed by atoms with Gasteiger partial charge in [-0.15, -0.1) is 0 Å². The number of hydrogen-bond donors (Lipinski definition) is 1. The highest BCUT2D eigenvalue weighted by atomic mass is 32.2. The maximum absolute atomic E-state index is 12.8. The molecule has 2 aromatic carbocycles. The van der Waals surface area contributed by atoms with Crippen molar-refractivity contribution in [3.63, 3.8) is 0 Å². The second-order valence-electron chi connectivity index (χ2n) is 5.16. The molecule has 21 heavy (non-hydrogen) atoms. The molecule has 111 valence electrons. The van der Waals surface area contributed by atoms with Crippen LogP contribution in [0.15, 0.2) is 53.4 Å². The molecular weight excluding hydrogens is 286 g/mol. The minimum atomic E-state index is -3.72. The monoisotopic (exact) mass is 304 g/mol. The molecule has 0 heterocycles. The van der Waals surface area contributed by atoms with Crippen LogP contribution in [0.2, 0.25) is 0 Å². The van der Waals surface area contributed by atoms with Crippen LogP contribution >= 0.6 is 0 Å². The predicted molar refractivity (Wildman–Crippen MR) is 82.8 cm³/mol. The van der Waals surface area contributed by atoms with E-state index in [0.717, 1.165) is 0 Å². The van der Waals surface area contributed by atoms with Crippen molar-refractivity contribution in [2.45, 2.75) is 18.7 Å². The van der Waals surface area contributed by atoms with Crippen LogP contribution < -0.4 is 4.31 Å². The fraction of sp³-hybridized carbons (Fsp3) is 0.250. The summed E-state index contributed by atoms with van der Waals surface area (Å²) in [6.45, 7) is 4.14. The van der Waals surface area contributed by atoms with Crippen molar-refractivity contribution in [2.75, 3.05) is 10.8 Å². The van der Waals surface area contributed by atoms with E-state index in [9.17, 15) is 13.5 Å². The van der Waals surface area contributed by atoms with Crippen molar-refractivity contribution >= 4 is 15.7 Å². The molecule has 0 aliphatic carbocycles. The number of rotatable bonds is 5. The number of hydrogen-bond acceptors (Lipinski definition) is 3. The molecule has 1 N–H and O–H groups in total. The van der Waals surface area contributed by atoms with Crippen LogP contribution in [-0.2, 0) is 10.0 Å². The lowest BCUT2D eigenvalue weighted by atomic mass is 10.2. The molecule has 5 heteroatoms. The normalized spacial score (nSPS) is 11.6. The van der Waals surface area contributed by atoms with Crippen molar-refractivity contribution in [3.8, 4) is 5.75 Å². The fourth-order valence-electron chi connectivity index (χ4n) is 1.99. The van der Waals surface area contributed by atoms with E-state index in [-0.39, 0.29) is 28.8 Å². The topological polar surface area (TPSA) is 57.6 Å². The van der Waals surface area contributed by atoms with Crippen molar-refractivity contribution < 1.29 is 13.5 Å². The van der Waals surface area contributed by atoms with Crippen LogP contribution in [0.25, 0.3) is 0 Å². The third kappa shape index (κ3) is 3.36. The van der Waals surface area contributed by atoms with Crippen LogP contribution in [0, 0.1) is 12.0 Å². The number of phenolic OH excluding ortho intramolecular Hbond substituents is 1. The van der Waals surface area contributed by atoms with E-state index in [1.807, 2.05) is 13.8 Å². The molecule has 0 aromatic heterocycles. The summed E-state index contributed by atoms with van der Waals surface area (Å²) in [6, 6.07) is 15.5. The van der Waals surface area contributed by atoms with Gasteiger partial charge in [-0.1, -0.05) is 38.1 Å². The summed E-state index contributed by atoms with van der Waals surface area (Å²) >= 11 is 0. The number of sulfonamides is 1. The van der Waals surface area contributed by atoms with Gasteiger partial charge in [-0.05, 0) is 36.2 Å². The Kier molecular flexibility index (Phi) is 4.53. The maximum atomic E-state index is 12.8. The second kappa shape index (κ2) is 6.18. The summed E-state index contributed by atoms with van der Waals surface area (Å²) in [5, 5.41) is 9.98. The predicted octanol–water partition coefficient (Wildman–Crippen LogP) is 3.04. The summed E-state index contributed by atoms with van der Waals surface area (Å²) in [4.78, 5) is 0.203. The van der Waals surface area contributed by atoms with Gasteiger partial charge < -0.3 is 5.11 Å². The molecule has 1 radical (unpaired) electrons. The number of nitrogens with zero attached hydrogens (tertiary/aromatic N) is 1. The third-order valence-corrected chi connectivity index (χ3v) is 4.74. The van der Waals surface area contributed by atoms with Crippen LogP contribution in [0.4, 0.5) is 5.69 Å². The van der Waals surface area contributed by atoms with E-state index < -0.39 is 10.0 Å². The largest absolute Gasteiger partial charge is 0.506 e. The molecule has 0 atom stereocenters. The smallest absolute Gasteiger partial charge is 0.264 e. The van der Waals surface area contributed by atoms with Gasteiger partial charge >= 0.3 is 0 Å². The number of anilines is 1. The number of aromatic hydroxyl groups is 1. The Morgan fingerprint density at radius 3 is 2.43 bits per heavy atom. The first-order chi connectivity index (χ1) is 9.93. The number of phenols is 1. The lowest BCUT2D eigenvalue weighted by molar-refractivity contribution is 0.474. The van der Waals surface area contributed by atoms with E-state index in [4.69, 9.17) is 0 Å². The SMILES string of the molecule is CC(C)CN(c1c[c]ccc1O)S(=O)(=O)c1ccccc1. The first kappa shape index (κ1) is 15.4. The van der Waals surface area contributed by atoms with E-state index in [2.05, 4.69) is 6.07 Å². The average molecular weight is 304 g/mol. The molecule has 0 saturated heterocycles. The molecule has 0 aliphatic heterocycles. The van der Waals surface area contributed by atoms with Gasteiger partial charge in [-0.25, -0.2) is 8.42 Å². The second-order valence-corrected chi connectivity index (χ2v) is 7.02. The maximum Gasteiger partial charge on any atom is 0.264 e. The third-order valence-electron chi connectivity index (χ3n) is 2.95. The van der Waals surface area contributed by atoms with Crippen LogP contribution in [0.3, 0.4) is 0 Å². The molecule has 0 amide bonds. The Morgan fingerprint density at radius 1 is 1.19 bits per heavy atom. The highest BCUT2D eigenvalue weighted by molar-refractivity contribution is 7.92. The van der Waals surface area contributed by atoms with Crippen molar-refractivity contribution in [3.05, 3.63) is 54.6 Å². The minimum Gasteiger partial charge on any atom is -0.506 e. The highest BCUT2D eigenvalue weighted by Gasteiger charge is 2.27. The van der Waals surface area contributed by atoms with Crippen molar-refractivity contribution in [1.29, 1.82) is 0 Å². The van der Waals surface area contributed by atoms with Gasteiger partial charge in [0.05, 0.1) is 10.6 Å². The van der Waals surface area contributed by atoms with Crippen LogP contribution in [0.1, 0.15) is 13.8 Å². The summed E-state index contributed by atoms with van der Waals surface area (Å²) < 4.78 is 26.9. The molecule has 0 spiro atoms. The van der Waals surface area contributed by atoms with Crippen LogP contribution in [0.5, 0.6) is 5.75 Å². The molecule has 4 nitrogen and oxygen atoms in total. The standard InChI is InChI=1S/C16H18NO3S/c1-13(2)12-17(15-10-6-7-11-16(15)18)21(19,20)14-8-4-3-5-9-14/h3-5,7-11,13,18H,12H2,1-2H3. The fourth-order valence-corrected chi connectivity index (χ4v) is 3.65. The van der Waals surface area contributed by atoms with Gasteiger partial charge in [0.1, 0.15) is 5.75 Å². The van der Waals surface area contributed by atoms with Gasteiger partial charge in [0, 0.05) is 6.54 Å². The summed E-state index contributed by atoms with van der Waals surface area (Å²) in [5.74, 6) is 0.0389. The Morgan fingerprint density at radius 2 is 1.86 bits per heavy atom. The molecular formula is C16H18NO3S. The van der Waals surface area contributed by atoms with Gasteiger partial charge in [0.25, 0.3) is 10.0 Å². The lowest BCUT2D eigenvalue weighted by Gasteiger charge is -2.26. The van der Waals surface area contributed by atoms with Gasteiger partial charge in [-0.2, -0.15) is 0 Å². The average Bonchev–Trinajstić information content (AvgIpc) is 2.46. The molecule has 0 fully saturated rings. The summed E-state index contributed by atoms with van der Waals surface area (Å²) in [7, 11) is -3.72. The Balaban J connectivity index is 2.54. The van der Waals surface area contributed by atoms with Gasteiger partial charge in [0.2, 0.25) is 0 Å². The Bertz CT molecular complexity index is 696. The molecule has 2 rings (SSSR count). The minimum absolute atomic E-state index is 0.0751. The van der Waals surface area contributed by atoms with Crippen LogP contribution in [-0.4, -0.2) is 20.1 Å². The highest BCUT2D eigenvalue weighted by Crippen LogP contribution is 2.31. The molecule has 2 aromatic rings. The van der Waals surface area contributed by atoms with E-state index in [1.165, 1.54) is 16.4 Å². The zero-order chi connectivity index (χ0) is 15.5. The zero-order valence-corrected chi connectivity index (χ0v) is 12.8. The van der Waals surface area contributed by atoms with Crippen molar-refractivity contribution in [1.82, 2.24) is 0 Å². The molecule has 0 bridgehead atoms. The Hall–Kier alpha value is -2.01. The Labute approximate surface area is 125 Å². The number of benzene rings is 2. The molecule has 0 unspecified atom stereocenters. The van der Waals surface area contributed by atoms with E-state index in [1.54, 1.807) is 36.4 Å². The van der Waals surface area contributed by atoms with E-state index >= 15 is 0 Å². The first-order valence-electron chi connectivity index (χ1n) is 6.70. The lowest BCUT2D eigenvalue weighted by Crippen LogP contribution is -2.34. The van der Waals surface area contributed by atoms with Gasteiger partial charge in [0.15, 0.2) is 0 Å². The van der Waals surface area contributed by atoms with E-state index in [0.29, 0.717) is 0 Å². The summed E-state index contributed by atoms with van der Waals surface area (Å²) in [5.41, 5.74) is 0.245. The summed E-state index contributed by atoms with van der Waals surface area (Å²) in [6.07, 6.45) is 0. The van der Waals surface area contributed by atoms with Gasteiger partial charge in [-0.3, -0.25) is 4.31 Å².